The van der Waals surface area contributed by atoms with Crippen LogP contribution in [0.4, 0.5) is 10.1 Å². The molecule has 0 aliphatic carbocycles. The second kappa shape index (κ2) is 5.32. The Kier molecular flexibility index (Phi) is 3.74. The SMILES string of the molecule is Cc1noc(C)c1CN(C)C(=O)c1ccc(N)c(F)c1. The minimum absolute atomic E-state index is 0.0231. The molecule has 0 saturated heterocycles. The van der Waals surface area contributed by atoms with E-state index >= 15 is 0 Å². The Balaban J connectivity index is 2.18. The van der Waals surface area contributed by atoms with Crippen LogP contribution in [0.1, 0.15) is 27.4 Å². The summed E-state index contributed by atoms with van der Waals surface area (Å²) in [6, 6.07) is 4.03. The van der Waals surface area contributed by atoms with Crippen LogP contribution in [-0.2, 0) is 6.54 Å². The zero-order valence-corrected chi connectivity index (χ0v) is 11.6. The first kappa shape index (κ1) is 14.0. The van der Waals surface area contributed by atoms with Gasteiger partial charge in [-0.1, -0.05) is 5.16 Å². The van der Waals surface area contributed by atoms with Crippen LogP contribution in [0.2, 0.25) is 0 Å². The van der Waals surface area contributed by atoms with E-state index in [1.54, 1.807) is 14.0 Å². The second-order valence-corrected chi connectivity index (χ2v) is 4.70. The standard InChI is InChI=1S/C14H16FN3O2/c1-8-11(9(2)20-17-8)7-18(3)14(19)10-4-5-13(16)12(15)6-10/h4-6H,7,16H2,1-3H3. The van der Waals surface area contributed by atoms with E-state index in [4.69, 9.17) is 10.3 Å². The first-order valence-corrected chi connectivity index (χ1v) is 6.12. The number of anilines is 1. The fourth-order valence-electron chi connectivity index (χ4n) is 1.92. The summed E-state index contributed by atoms with van der Waals surface area (Å²) in [5.41, 5.74) is 7.27. The van der Waals surface area contributed by atoms with Crippen LogP contribution in [-0.4, -0.2) is 23.0 Å². The minimum atomic E-state index is -0.596. The first-order valence-electron chi connectivity index (χ1n) is 6.12. The lowest BCUT2D eigenvalue weighted by atomic mass is 10.1. The molecule has 0 radical (unpaired) electrons. The van der Waals surface area contributed by atoms with E-state index in [1.807, 2.05) is 6.92 Å². The van der Waals surface area contributed by atoms with E-state index in [9.17, 15) is 9.18 Å². The van der Waals surface area contributed by atoms with Gasteiger partial charge >= 0.3 is 0 Å². The molecule has 106 valence electrons. The van der Waals surface area contributed by atoms with E-state index in [2.05, 4.69) is 5.16 Å². The molecule has 1 aromatic carbocycles. The molecule has 1 aromatic heterocycles. The molecule has 1 heterocycles. The van der Waals surface area contributed by atoms with Crippen LogP contribution >= 0.6 is 0 Å². The summed E-state index contributed by atoms with van der Waals surface area (Å²) in [6.45, 7) is 3.95. The molecule has 1 amide bonds. The normalized spacial score (nSPS) is 10.6. The predicted molar refractivity (Wildman–Crippen MR) is 72.6 cm³/mol. The Bertz CT molecular complexity index is 632. The van der Waals surface area contributed by atoms with Gasteiger partial charge in [-0.2, -0.15) is 0 Å². The molecule has 0 aliphatic rings. The number of hydrogen-bond donors (Lipinski definition) is 1. The van der Waals surface area contributed by atoms with Crippen molar-refractivity contribution >= 4 is 11.6 Å². The highest BCUT2D eigenvalue weighted by Gasteiger charge is 2.17. The fourth-order valence-corrected chi connectivity index (χ4v) is 1.92. The molecule has 2 aromatic rings. The number of nitrogens with zero attached hydrogens (tertiary/aromatic N) is 2. The van der Waals surface area contributed by atoms with E-state index < -0.39 is 5.82 Å². The van der Waals surface area contributed by atoms with Crippen LogP contribution in [0, 0.1) is 19.7 Å². The number of hydrogen-bond acceptors (Lipinski definition) is 4. The van der Waals surface area contributed by atoms with Gasteiger partial charge in [0.2, 0.25) is 0 Å². The maximum Gasteiger partial charge on any atom is 0.254 e. The van der Waals surface area contributed by atoms with Crippen molar-refractivity contribution in [2.75, 3.05) is 12.8 Å². The molecular weight excluding hydrogens is 261 g/mol. The smallest absolute Gasteiger partial charge is 0.254 e. The largest absolute Gasteiger partial charge is 0.396 e. The van der Waals surface area contributed by atoms with Gasteiger partial charge in [0.15, 0.2) is 0 Å². The van der Waals surface area contributed by atoms with Crippen LogP contribution in [0.15, 0.2) is 22.7 Å². The summed E-state index contributed by atoms with van der Waals surface area (Å²) >= 11 is 0. The van der Waals surface area contributed by atoms with Crippen LogP contribution in [0.3, 0.4) is 0 Å². The monoisotopic (exact) mass is 277 g/mol. The maximum atomic E-state index is 13.4. The number of aryl methyl sites for hydroxylation is 2. The zero-order chi connectivity index (χ0) is 14.9. The van der Waals surface area contributed by atoms with Gasteiger partial charge in [-0.05, 0) is 32.0 Å². The van der Waals surface area contributed by atoms with Crippen molar-refractivity contribution in [2.45, 2.75) is 20.4 Å². The number of nitrogens with two attached hydrogens (primary N) is 1. The van der Waals surface area contributed by atoms with Crippen molar-refractivity contribution in [3.05, 3.63) is 46.6 Å². The van der Waals surface area contributed by atoms with E-state index in [1.165, 1.54) is 17.0 Å². The summed E-state index contributed by atoms with van der Waals surface area (Å²) in [5, 5.41) is 3.84. The highest BCUT2D eigenvalue weighted by atomic mass is 19.1. The maximum absolute atomic E-state index is 13.4. The number of nitrogen functional groups attached to an aromatic ring is 1. The van der Waals surface area contributed by atoms with E-state index in [0.717, 1.165) is 17.3 Å². The molecule has 0 bridgehead atoms. The van der Waals surface area contributed by atoms with Crippen molar-refractivity contribution in [1.29, 1.82) is 0 Å². The van der Waals surface area contributed by atoms with Crippen LogP contribution in [0.25, 0.3) is 0 Å². The van der Waals surface area contributed by atoms with Crippen LogP contribution < -0.4 is 5.73 Å². The molecule has 0 spiro atoms. The summed E-state index contributed by atoms with van der Waals surface area (Å²) in [5.74, 6) is -0.212. The average molecular weight is 277 g/mol. The average Bonchev–Trinajstić information content (AvgIpc) is 2.72. The van der Waals surface area contributed by atoms with Crippen molar-refractivity contribution in [1.82, 2.24) is 10.1 Å². The third-order valence-corrected chi connectivity index (χ3v) is 3.17. The molecule has 2 rings (SSSR count). The molecular formula is C14H16FN3O2. The molecule has 0 atom stereocenters. The Labute approximate surface area is 116 Å². The topological polar surface area (TPSA) is 72.4 Å². The number of halogens is 1. The van der Waals surface area contributed by atoms with Crippen molar-refractivity contribution < 1.29 is 13.7 Å². The molecule has 0 aliphatic heterocycles. The number of carbonyl (C=O) groups excluding carboxylic acids is 1. The fraction of sp³-hybridized carbons (Fsp3) is 0.286. The van der Waals surface area contributed by atoms with Gasteiger partial charge in [-0.15, -0.1) is 0 Å². The number of carbonyl (C=O) groups is 1. The summed E-state index contributed by atoms with van der Waals surface area (Å²) < 4.78 is 18.4. The number of aromatic nitrogens is 1. The first-order chi connectivity index (χ1) is 9.40. The molecule has 2 N–H and O–H groups in total. The molecule has 5 nitrogen and oxygen atoms in total. The number of rotatable bonds is 3. The van der Waals surface area contributed by atoms with Gasteiger partial charge in [0.25, 0.3) is 5.91 Å². The van der Waals surface area contributed by atoms with Crippen molar-refractivity contribution in [2.24, 2.45) is 0 Å². The molecule has 6 heteroatoms. The van der Waals surface area contributed by atoms with E-state index in [-0.39, 0.29) is 17.2 Å². The summed E-state index contributed by atoms with van der Waals surface area (Å²) in [7, 11) is 1.64. The third-order valence-electron chi connectivity index (χ3n) is 3.17. The lowest BCUT2D eigenvalue weighted by molar-refractivity contribution is 0.0784. The third kappa shape index (κ3) is 2.64. The molecule has 0 fully saturated rings. The van der Waals surface area contributed by atoms with Crippen molar-refractivity contribution in [3.63, 3.8) is 0 Å². The Morgan fingerprint density at radius 3 is 2.70 bits per heavy atom. The quantitative estimate of drug-likeness (QED) is 0.874. The minimum Gasteiger partial charge on any atom is -0.396 e. The molecule has 20 heavy (non-hydrogen) atoms. The number of amides is 1. The lowest BCUT2D eigenvalue weighted by Crippen LogP contribution is -2.26. The Hall–Kier alpha value is -2.37. The number of benzene rings is 1. The lowest BCUT2D eigenvalue weighted by Gasteiger charge is -2.17. The van der Waals surface area contributed by atoms with Gasteiger partial charge in [0.05, 0.1) is 17.9 Å². The Morgan fingerprint density at radius 2 is 2.15 bits per heavy atom. The highest BCUT2D eigenvalue weighted by Crippen LogP contribution is 2.17. The molecule has 0 saturated carbocycles. The van der Waals surface area contributed by atoms with Gasteiger partial charge in [0, 0.05) is 18.2 Å². The van der Waals surface area contributed by atoms with Gasteiger partial charge in [0.1, 0.15) is 11.6 Å². The second-order valence-electron chi connectivity index (χ2n) is 4.70. The summed E-state index contributed by atoms with van der Waals surface area (Å²) in [4.78, 5) is 13.7. The molecule has 0 unspecified atom stereocenters. The Morgan fingerprint density at radius 1 is 1.45 bits per heavy atom. The van der Waals surface area contributed by atoms with E-state index in [0.29, 0.717) is 12.3 Å². The summed E-state index contributed by atoms with van der Waals surface area (Å²) in [6.07, 6.45) is 0. The predicted octanol–water partition coefficient (Wildman–Crippen LogP) is 2.28. The van der Waals surface area contributed by atoms with Crippen molar-refractivity contribution in [3.8, 4) is 0 Å². The zero-order valence-electron chi connectivity index (χ0n) is 11.6. The van der Waals surface area contributed by atoms with Gasteiger partial charge in [-0.3, -0.25) is 4.79 Å². The highest BCUT2D eigenvalue weighted by molar-refractivity contribution is 5.94. The van der Waals surface area contributed by atoms with Crippen LogP contribution in [0.5, 0.6) is 0 Å². The van der Waals surface area contributed by atoms with Gasteiger partial charge < -0.3 is 15.2 Å². The van der Waals surface area contributed by atoms with Gasteiger partial charge in [-0.25, -0.2) is 4.39 Å².